The molecule has 0 unspecified atom stereocenters. The van der Waals surface area contributed by atoms with Crippen molar-refractivity contribution in [1.82, 2.24) is 14.5 Å². The molecule has 0 spiro atoms. The number of aliphatic hydroxyl groups is 1. The molecule has 0 atom stereocenters. The van der Waals surface area contributed by atoms with Gasteiger partial charge in [-0.25, -0.2) is 9.38 Å². The summed E-state index contributed by atoms with van der Waals surface area (Å²) in [5.74, 6) is -0.428. The first-order valence-corrected chi connectivity index (χ1v) is 16.4. The Morgan fingerprint density at radius 2 is 2.02 bits per heavy atom. The van der Waals surface area contributed by atoms with Crippen LogP contribution in [0.3, 0.4) is 0 Å². The van der Waals surface area contributed by atoms with Gasteiger partial charge >= 0.3 is 0 Å². The van der Waals surface area contributed by atoms with E-state index < -0.39 is 17.3 Å². The number of hydrogen-bond donors (Lipinski definition) is 4. The van der Waals surface area contributed by atoms with Crippen molar-refractivity contribution in [2.45, 2.75) is 39.7 Å². The van der Waals surface area contributed by atoms with Gasteiger partial charge in [-0.1, -0.05) is 25.1 Å². The summed E-state index contributed by atoms with van der Waals surface area (Å²) in [6, 6.07) is 9.25. The van der Waals surface area contributed by atoms with Crippen LogP contribution in [0, 0.1) is 5.82 Å². The predicted octanol–water partition coefficient (Wildman–Crippen LogP) is 3.45. The van der Waals surface area contributed by atoms with Gasteiger partial charge in [0.05, 0.1) is 40.1 Å². The quantitative estimate of drug-likeness (QED) is 0.0812. The van der Waals surface area contributed by atoms with Gasteiger partial charge in [0.15, 0.2) is 5.76 Å². The molecule has 0 bridgehead atoms. The Hall–Kier alpha value is -5.37. The van der Waals surface area contributed by atoms with Crippen LogP contribution in [0.15, 0.2) is 69.2 Å². The number of rotatable bonds is 15. The number of aliphatic hydroxyl groups excluding tert-OH is 1. The van der Waals surface area contributed by atoms with E-state index in [9.17, 15) is 23.9 Å². The average molecular weight is 709 g/mol. The monoisotopic (exact) mass is 708 g/mol. The minimum Gasteiger partial charge on any atom is -0.504 e. The number of aliphatic imine (C=N–C) groups is 1. The van der Waals surface area contributed by atoms with Crippen LogP contribution >= 0.6 is 11.6 Å². The lowest BCUT2D eigenvalue weighted by atomic mass is 10.1. The fourth-order valence-electron chi connectivity index (χ4n) is 5.56. The zero-order valence-corrected chi connectivity index (χ0v) is 29.3. The van der Waals surface area contributed by atoms with Crippen LogP contribution in [-0.4, -0.2) is 65.6 Å². The molecule has 0 saturated heterocycles. The highest BCUT2D eigenvalue weighted by molar-refractivity contribution is 6.33. The van der Waals surface area contributed by atoms with E-state index in [0.29, 0.717) is 35.7 Å². The van der Waals surface area contributed by atoms with E-state index in [0.717, 1.165) is 23.8 Å². The normalized spacial score (nSPS) is 13.3. The molecule has 2 amide bonds. The minimum absolute atomic E-state index is 0.0187. The van der Waals surface area contributed by atoms with Crippen LogP contribution in [0.25, 0.3) is 5.70 Å². The number of carbonyl (C=O) groups is 2. The summed E-state index contributed by atoms with van der Waals surface area (Å²) in [4.78, 5) is 49.6. The molecule has 0 aliphatic carbocycles. The second kappa shape index (κ2) is 16.8. The van der Waals surface area contributed by atoms with Crippen LogP contribution in [0.4, 0.5) is 15.8 Å². The number of anilines is 2. The Bertz CT molecular complexity index is 1980. The Kier molecular flexibility index (Phi) is 12.6. The first-order valence-electron chi connectivity index (χ1n) is 16.0. The molecule has 2 aromatic carbocycles. The number of nitrogens with one attached hydrogen (secondary N) is 2. The van der Waals surface area contributed by atoms with Gasteiger partial charge in [-0.2, -0.15) is 0 Å². The van der Waals surface area contributed by atoms with E-state index in [1.807, 2.05) is 25.1 Å². The maximum absolute atomic E-state index is 14.3. The maximum Gasteiger partial charge on any atom is 0.278 e. The van der Waals surface area contributed by atoms with E-state index in [2.05, 4.69) is 22.2 Å². The third kappa shape index (κ3) is 8.61. The number of carbonyl (C=O) groups excluding carboxylic acids is 2. The molecule has 0 radical (unpaired) electrons. The topological polar surface area (TPSA) is 169 Å². The summed E-state index contributed by atoms with van der Waals surface area (Å²) in [5, 5.41) is 15.9. The standard InChI is InChI=1S/C35H42ClFN8O5/c1-6-29-32(44(15-13-40-20-46)14-11-27(38)33(48)22(3)39-4)34(49)43(5)35(41-21(2)23-7-10-30-24(17-23)12-16-50-30)45(29)19-31(47)42-28-9-8-25(37)18-26(28)36/h7-10,17-18,20,48H,2,6,11-16,19,38H2,1,3-5H3,(H,40,46)(H,42,47)/b33-27+,39-22?,41-35?. The van der Waals surface area contributed by atoms with Crippen LogP contribution in [0.5, 0.6) is 5.75 Å². The zero-order chi connectivity index (χ0) is 36.5. The highest BCUT2D eigenvalue weighted by Gasteiger charge is 2.24. The summed E-state index contributed by atoms with van der Waals surface area (Å²) in [6.07, 6.45) is 1.74. The number of nitrogens with zero attached hydrogens (tertiary/aromatic N) is 5. The molecule has 13 nitrogen and oxygen atoms in total. The number of ether oxygens (including phenoxy) is 1. The molecule has 15 heteroatoms. The van der Waals surface area contributed by atoms with Crippen LogP contribution in [0.1, 0.15) is 37.1 Å². The minimum atomic E-state index is -0.554. The van der Waals surface area contributed by atoms with Gasteiger partial charge in [0.1, 0.15) is 23.8 Å². The second-order valence-corrected chi connectivity index (χ2v) is 12.0. The Morgan fingerprint density at radius 1 is 1.26 bits per heavy atom. The number of amides is 2. The third-order valence-corrected chi connectivity index (χ3v) is 8.62. The highest BCUT2D eigenvalue weighted by atomic mass is 35.5. The number of allylic oxidation sites excluding steroid dienone is 1. The molecule has 1 aliphatic rings. The van der Waals surface area contributed by atoms with Gasteiger partial charge in [-0.05, 0) is 55.3 Å². The maximum atomic E-state index is 14.3. The van der Waals surface area contributed by atoms with Crippen molar-refractivity contribution in [3.05, 3.63) is 98.1 Å². The molecule has 266 valence electrons. The fraction of sp³-hybridized carbons (Fsp3) is 0.343. The summed E-state index contributed by atoms with van der Waals surface area (Å²) < 4.78 is 22.3. The third-order valence-electron chi connectivity index (χ3n) is 8.31. The molecule has 4 rings (SSSR count). The Labute approximate surface area is 294 Å². The summed E-state index contributed by atoms with van der Waals surface area (Å²) in [5.41, 5.74) is 9.48. The van der Waals surface area contributed by atoms with Crippen molar-refractivity contribution in [3.8, 4) is 5.75 Å². The van der Waals surface area contributed by atoms with Crippen molar-refractivity contribution in [1.29, 1.82) is 0 Å². The van der Waals surface area contributed by atoms with Crippen LogP contribution < -0.4 is 37.2 Å². The largest absolute Gasteiger partial charge is 0.504 e. The summed E-state index contributed by atoms with van der Waals surface area (Å²) in [6.45, 7) is 8.48. The first kappa shape index (κ1) is 37.4. The number of fused-ring (bicyclic) bond motifs is 1. The van der Waals surface area contributed by atoms with Gasteiger partial charge in [-0.15, -0.1) is 0 Å². The fourth-order valence-corrected chi connectivity index (χ4v) is 5.78. The van der Waals surface area contributed by atoms with E-state index in [4.69, 9.17) is 27.1 Å². The Morgan fingerprint density at radius 3 is 2.70 bits per heavy atom. The molecule has 0 saturated carbocycles. The molecular formula is C35H42ClFN8O5. The molecule has 5 N–H and O–H groups in total. The number of aromatic nitrogens is 2. The van der Waals surface area contributed by atoms with Crippen molar-refractivity contribution in [2.24, 2.45) is 22.8 Å². The number of benzene rings is 2. The van der Waals surface area contributed by atoms with Crippen molar-refractivity contribution < 1.29 is 23.8 Å². The smallest absolute Gasteiger partial charge is 0.278 e. The summed E-state index contributed by atoms with van der Waals surface area (Å²) >= 11 is 6.21. The van der Waals surface area contributed by atoms with Gasteiger partial charge in [-0.3, -0.25) is 23.9 Å². The first-order chi connectivity index (χ1) is 23.9. The lowest BCUT2D eigenvalue weighted by Gasteiger charge is -2.29. The second-order valence-electron chi connectivity index (χ2n) is 11.5. The van der Waals surface area contributed by atoms with Gasteiger partial charge < -0.3 is 35.7 Å². The molecule has 2 heterocycles. The molecule has 3 aromatic rings. The van der Waals surface area contributed by atoms with Gasteiger partial charge in [0, 0.05) is 52.1 Å². The van der Waals surface area contributed by atoms with Crippen molar-refractivity contribution >= 4 is 46.7 Å². The summed E-state index contributed by atoms with van der Waals surface area (Å²) in [7, 11) is 3.08. The number of hydrogen-bond acceptors (Lipinski definition) is 9. The van der Waals surface area contributed by atoms with E-state index in [1.54, 1.807) is 23.4 Å². The molecule has 0 fully saturated rings. The van der Waals surface area contributed by atoms with Gasteiger partial charge in [0.25, 0.3) is 5.56 Å². The SMILES string of the molecule is C=C(N=c1n(CC(=O)Nc2ccc(F)cc2Cl)c(CC)c(N(CCNC=O)CC/C(N)=C(\O)C(C)=NC)c(=O)n1C)c1ccc2c(c1)CCO2. The highest BCUT2D eigenvalue weighted by Crippen LogP contribution is 2.28. The Balaban J connectivity index is 1.89. The van der Waals surface area contributed by atoms with Crippen molar-refractivity contribution in [2.75, 3.05) is 43.5 Å². The molecular weight excluding hydrogens is 667 g/mol. The molecule has 1 aliphatic heterocycles. The van der Waals surface area contributed by atoms with Crippen LogP contribution in [0.2, 0.25) is 5.02 Å². The zero-order valence-electron chi connectivity index (χ0n) is 28.6. The van der Waals surface area contributed by atoms with E-state index >= 15 is 0 Å². The molecule has 1 aromatic heterocycles. The lowest BCUT2D eigenvalue weighted by Crippen LogP contribution is -2.47. The van der Waals surface area contributed by atoms with E-state index in [1.165, 1.54) is 23.7 Å². The van der Waals surface area contributed by atoms with Crippen molar-refractivity contribution in [3.63, 3.8) is 0 Å². The van der Waals surface area contributed by atoms with Gasteiger partial charge in [0.2, 0.25) is 17.9 Å². The van der Waals surface area contributed by atoms with Crippen LogP contribution in [-0.2, 0) is 36.0 Å². The number of nitrogens with two attached hydrogens (primary N) is 1. The predicted molar refractivity (Wildman–Crippen MR) is 193 cm³/mol. The van der Waals surface area contributed by atoms with E-state index in [-0.39, 0.29) is 72.5 Å². The number of halogens is 2. The lowest BCUT2D eigenvalue weighted by molar-refractivity contribution is -0.117. The average Bonchev–Trinajstić information content (AvgIpc) is 3.58. The molecule has 50 heavy (non-hydrogen) atoms.